The Hall–Kier alpha value is -1.62. The first-order chi connectivity index (χ1) is 7.17. The molecule has 0 bridgehead atoms. The van der Waals surface area contributed by atoms with Crippen LogP contribution >= 0.6 is 0 Å². The third-order valence-electron chi connectivity index (χ3n) is 2.11. The highest BCUT2D eigenvalue weighted by molar-refractivity contribution is 5.50. The maximum Gasteiger partial charge on any atom is 0.271 e. The summed E-state index contributed by atoms with van der Waals surface area (Å²) in [5.74, 6) is 0. The molecule has 0 saturated carbocycles. The summed E-state index contributed by atoms with van der Waals surface area (Å²) >= 11 is 0. The third-order valence-corrected chi connectivity index (χ3v) is 2.11. The van der Waals surface area contributed by atoms with Crippen LogP contribution in [0.1, 0.15) is 13.8 Å². The van der Waals surface area contributed by atoms with Crippen LogP contribution in [0.2, 0.25) is 0 Å². The summed E-state index contributed by atoms with van der Waals surface area (Å²) in [6.45, 7) is 5.74. The molecule has 1 aromatic rings. The molecule has 0 radical (unpaired) electrons. The summed E-state index contributed by atoms with van der Waals surface area (Å²) < 4.78 is 0. The fourth-order valence-electron chi connectivity index (χ4n) is 1.25. The lowest BCUT2D eigenvalue weighted by Crippen LogP contribution is -2.29. The van der Waals surface area contributed by atoms with Crippen LogP contribution in [0.15, 0.2) is 24.3 Å². The maximum absolute atomic E-state index is 10.5. The number of nitrogens with one attached hydrogen (secondary N) is 1. The Kier molecular flexibility index (Phi) is 4.05. The van der Waals surface area contributed by atoms with E-state index >= 15 is 0 Å². The van der Waals surface area contributed by atoms with E-state index in [0.717, 1.165) is 18.8 Å². The van der Waals surface area contributed by atoms with Gasteiger partial charge in [-0.3, -0.25) is 10.1 Å². The van der Waals surface area contributed by atoms with Crippen molar-refractivity contribution in [2.24, 2.45) is 0 Å². The number of hydrogen-bond donors (Lipinski definition) is 1. The van der Waals surface area contributed by atoms with Crippen molar-refractivity contribution in [2.75, 3.05) is 18.5 Å². The molecule has 0 aromatic heterocycles. The summed E-state index contributed by atoms with van der Waals surface area (Å²) in [6.07, 6.45) is 0. The van der Waals surface area contributed by atoms with E-state index in [9.17, 15) is 10.1 Å². The number of nitro groups is 1. The van der Waals surface area contributed by atoms with E-state index in [1.54, 1.807) is 6.07 Å². The van der Waals surface area contributed by atoms with Gasteiger partial charge in [0.2, 0.25) is 0 Å². The molecule has 0 unspecified atom stereocenters. The first-order valence-electron chi connectivity index (χ1n) is 4.93. The van der Waals surface area contributed by atoms with Crippen molar-refractivity contribution in [3.63, 3.8) is 0 Å². The Bertz CT molecular complexity index is 337. The number of benzene rings is 1. The molecule has 1 N–H and O–H groups in total. The lowest BCUT2D eigenvalue weighted by atomic mass is 10.3. The average Bonchev–Trinajstić information content (AvgIpc) is 2.26. The van der Waals surface area contributed by atoms with Gasteiger partial charge in [-0.15, -0.1) is 0 Å². The first kappa shape index (κ1) is 11.5. The van der Waals surface area contributed by atoms with Gasteiger partial charge in [-0.1, -0.05) is 19.9 Å². The Labute approximate surface area is 88.8 Å². The van der Waals surface area contributed by atoms with Gasteiger partial charge in [0.25, 0.3) is 5.69 Å². The maximum atomic E-state index is 10.5. The lowest BCUT2D eigenvalue weighted by Gasteiger charge is -2.20. The number of anilines is 1. The Balaban J connectivity index is 2.77. The second-order valence-corrected chi connectivity index (χ2v) is 3.09. The molecule has 5 nitrogen and oxygen atoms in total. The van der Waals surface area contributed by atoms with Crippen LogP contribution in [-0.2, 0) is 0 Å². The number of hydrazine groups is 1. The Morgan fingerprint density at radius 1 is 1.40 bits per heavy atom. The van der Waals surface area contributed by atoms with Crippen LogP contribution < -0.4 is 5.43 Å². The zero-order chi connectivity index (χ0) is 11.3. The molecular weight excluding hydrogens is 194 g/mol. The second kappa shape index (κ2) is 5.31. The summed E-state index contributed by atoms with van der Waals surface area (Å²) in [4.78, 5) is 10.1. The van der Waals surface area contributed by atoms with Crippen LogP contribution in [-0.4, -0.2) is 23.0 Å². The van der Waals surface area contributed by atoms with E-state index in [1.807, 2.05) is 24.9 Å². The molecule has 0 amide bonds. The van der Waals surface area contributed by atoms with E-state index in [2.05, 4.69) is 5.43 Å². The molecule has 1 aromatic carbocycles. The zero-order valence-corrected chi connectivity index (χ0v) is 8.93. The molecule has 0 atom stereocenters. The zero-order valence-electron chi connectivity index (χ0n) is 8.93. The monoisotopic (exact) mass is 209 g/mol. The molecule has 0 heterocycles. The van der Waals surface area contributed by atoms with Gasteiger partial charge in [-0.05, 0) is 6.07 Å². The highest BCUT2D eigenvalue weighted by atomic mass is 16.6. The normalized spacial score (nSPS) is 10.3. The van der Waals surface area contributed by atoms with Gasteiger partial charge in [0.1, 0.15) is 0 Å². The number of hydrogen-bond acceptors (Lipinski definition) is 4. The molecule has 82 valence electrons. The second-order valence-electron chi connectivity index (χ2n) is 3.09. The van der Waals surface area contributed by atoms with E-state index < -0.39 is 4.92 Å². The summed E-state index contributed by atoms with van der Waals surface area (Å²) in [5, 5.41) is 12.5. The molecule has 0 saturated heterocycles. The van der Waals surface area contributed by atoms with E-state index in [-0.39, 0.29) is 5.69 Å². The van der Waals surface area contributed by atoms with Gasteiger partial charge in [0, 0.05) is 25.2 Å². The van der Waals surface area contributed by atoms with E-state index in [0.29, 0.717) is 0 Å². The van der Waals surface area contributed by atoms with Crippen LogP contribution in [0.5, 0.6) is 0 Å². The largest absolute Gasteiger partial charge is 0.319 e. The van der Waals surface area contributed by atoms with Crippen molar-refractivity contribution in [2.45, 2.75) is 13.8 Å². The van der Waals surface area contributed by atoms with E-state index in [4.69, 9.17) is 0 Å². The van der Waals surface area contributed by atoms with Gasteiger partial charge in [0.15, 0.2) is 0 Å². The SMILES string of the molecule is CCN(CC)Nc1cccc([N+](=O)[O-])c1. The lowest BCUT2D eigenvalue weighted by molar-refractivity contribution is -0.384. The molecule has 0 aliphatic rings. The molecular formula is C10H15N3O2. The standard InChI is InChI=1S/C10H15N3O2/c1-3-12(4-2)11-9-6-5-7-10(8-9)13(14)15/h5-8,11H,3-4H2,1-2H3. The first-order valence-corrected chi connectivity index (χ1v) is 4.93. The van der Waals surface area contributed by atoms with Crippen LogP contribution in [0.25, 0.3) is 0 Å². The molecule has 0 spiro atoms. The van der Waals surface area contributed by atoms with Gasteiger partial charge < -0.3 is 5.43 Å². The molecule has 1 rings (SSSR count). The van der Waals surface area contributed by atoms with Crippen molar-refractivity contribution in [1.82, 2.24) is 5.01 Å². The van der Waals surface area contributed by atoms with Gasteiger partial charge in [0.05, 0.1) is 10.6 Å². The smallest absolute Gasteiger partial charge is 0.271 e. The minimum absolute atomic E-state index is 0.104. The Morgan fingerprint density at radius 2 is 2.07 bits per heavy atom. The van der Waals surface area contributed by atoms with Crippen molar-refractivity contribution in [1.29, 1.82) is 0 Å². The minimum atomic E-state index is -0.395. The van der Waals surface area contributed by atoms with Crippen molar-refractivity contribution in [3.05, 3.63) is 34.4 Å². The summed E-state index contributed by atoms with van der Waals surface area (Å²) in [5.41, 5.74) is 3.95. The molecule has 0 aliphatic carbocycles. The van der Waals surface area contributed by atoms with Crippen LogP contribution in [0.4, 0.5) is 11.4 Å². The third kappa shape index (κ3) is 3.21. The molecule has 0 aliphatic heterocycles. The fourth-order valence-corrected chi connectivity index (χ4v) is 1.25. The highest BCUT2D eigenvalue weighted by Crippen LogP contribution is 2.17. The van der Waals surface area contributed by atoms with E-state index in [1.165, 1.54) is 12.1 Å². The number of non-ortho nitro benzene ring substituents is 1. The summed E-state index contributed by atoms with van der Waals surface area (Å²) in [7, 11) is 0. The Morgan fingerprint density at radius 3 is 2.60 bits per heavy atom. The van der Waals surface area contributed by atoms with Gasteiger partial charge in [-0.25, -0.2) is 5.01 Å². The average molecular weight is 209 g/mol. The van der Waals surface area contributed by atoms with Crippen LogP contribution in [0, 0.1) is 10.1 Å². The minimum Gasteiger partial charge on any atom is -0.319 e. The number of rotatable bonds is 5. The van der Waals surface area contributed by atoms with Gasteiger partial charge in [-0.2, -0.15) is 0 Å². The quantitative estimate of drug-likeness (QED) is 0.597. The van der Waals surface area contributed by atoms with Crippen molar-refractivity contribution in [3.8, 4) is 0 Å². The van der Waals surface area contributed by atoms with Crippen LogP contribution in [0.3, 0.4) is 0 Å². The topological polar surface area (TPSA) is 58.4 Å². The molecule has 5 heteroatoms. The van der Waals surface area contributed by atoms with Gasteiger partial charge >= 0.3 is 0 Å². The molecule has 0 fully saturated rings. The highest BCUT2D eigenvalue weighted by Gasteiger charge is 2.06. The number of nitrogens with zero attached hydrogens (tertiary/aromatic N) is 2. The number of nitro benzene ring substituents is 1. The fraction of sp³-hybridized carbons (Fsp3) is 0.400. The predicted octanol–water partition coefficient (Wildman–Crippen LogP) is 2.26. The summed E-state index contributed by atoms with van der Waals surface area (Å²) in [6, 6.07) is 6.49. The van der Waals surface area contributed by atoms with Crippen molar-refractivity contribution >= 4 is 11.4 Å². The molecule has 15 heavy (non-hydrogen) atoms. The predicted molar refractivity (Wildman–Crippen MR) is 59.6 cm³/mol. The van der Waals surface area contributed by atoms with Crippen molar-refractivity contribution < 1.29 is 4.92 Å².